The molecule has 0 aromatic heterocycles. The third-order valence-electron chi connectivity index (χ3n) is 3.53. The molecule has 2 aliphatic rings. The number of fused-ring (bicyclic) bond motifs is 1. The summed E-state index contributed by atoms with van der Waals surface area (Å²) in [4.78, 5) is 11.7. The molecule has 0 saturated carbocycles. The molecule has 1 aliphatic heterocycles. The summed E-state index contributed by atoms with van der Waals surface area (Å²) in [6, 6.07) is 6.69. The molecule has 1 aromatic rings. The van der Waals surface area contributed by atoms with Crippen molar-refractivity contribution in [2.75, 3.05) is 13.2 Å². The average Bonchev–Trinajstić information content (AvgIpc) is 2.71. The van der Waals surface area contributed by atoms with Crippen molar-refractivity contribution in [3.63, 3.8) is 0 Å². The van der Waals surface area contributed by atoms with Crippen molar-refractivity contribution in [3.05, 3.63) is 34.9 Å². The van der Waals surface area contributed by atoms with Gasteiger partial charge in [0, 0.05) is 0 Å². The van der Waals surface area contributed by atoms with Gasteiger partial charge in [-0.15, -0.1) is 0 Å². The van der Waals surface area contributed by atoms with E-state index >= 15 is 0 Å². The Bertz CT molecular complexity index is 438. The van der Waals surface area contributed by atoms with Crippen LogP contribution in [0.4, 0.5) is 0 Å². The predicted octanol–water partition coefficient (Wildman–Crippen LogP) is 1.23. The molecule has 3 rings (SSSR count). The van der Waals surface area contributed by atoms with E-state index in [9.17, 15) is 4.79 Å². The summed E-state index contributed by atoms with van der Waals surface area (Å²) < 4.78 is 5.03. The second-order valence-corrected chi connectivity index (χ2v) is 4.94. The Kier molecular flexibility index (Phi) is 2.85. The zero-order chi connectivity index (χ0) is 11.7. The first kappa shape index (κ1) is 10.8. The lowest BCUT2D eigenvalue weighted by atomic mass is 10.0. The number of benzene rings is 1. The predicted molar refractivity (Wildman–Crippen MR) is 64.9 cm³/mol. The highest BCUT2D eigenvalue weighted by atomic mass is 16.5. The van der Waals surface area contributed by atoms with Crippen LogP contribution < -0.4 is 5.32 Å². The molecule has 0 bridgehead atoms. The Morgan fingerprint density at radius 3 is 2.88 bits per heavy atom. The van der Waals surface area contributed by atoms with Crippen molar-refractivity contribution in [2.24, 2.45) is 0 Å². The zero-order valence-electron chi connectivity index (χ0n) is 9.87. The van der Waals surface area contributed by atoms with E-state index in [-0.39, 0.29) is 11.9 Å². The van der Waals surface area contributed by atoms with E-state index < -0.39 is 0 Å². The Hall–Kier alpha value is -1.35. The highest BCUT2D eigenvalue weighted by molar-refractivity contribution is 5.79. The Labute approximate surface area is 101 Å². The minimum absolute atomic E-state index is 0.108. The lowest BCUT2D eigenvalue weighted by Gasteiger charge is -2.26. The molecule has 0 atom stereocenters. The van der Waals surface area contributed by atoms with Crippen molar-refractivity contribution in [2.45, 2.75) is 31.7 Å². The molecule has 0 spiro atoms. The van der Waals surface area contributed by atoms with E-state index in [1.165, 1.54) is 30.4 Å². The number of hydrogen-bond acceptors (Lipinski definition) is 2. The number of carbonyl (C=O) groups excluding carboxylic acids is 1. The van der Waals surface area contributed by atoms with Gasteiger partial charge in [-0.1, -0.05) is 18.2 Å². The van der Waals surface area contributed by atoms with E-state index in [1.54, 1.807) is 0 Å². The fourth-order valence-electron chi connectivity index (χ4n) is 2.52. The second kappa shape index (κ2) is 4.49. The van der Waals surface area contributed by atoms with Crippen LogP contribution in [0, 0.1) is 0 Å². The molecule has 1 heterocycles. The molecular weight excluding hydrogens is 214 g/mol. The first-order chi connectivity index (χ1) is 8.31. The molecule has 0 radical (unpaired) electrons. The summed E-state index contributed by atoms with van der Waals surface area (Å²) in [6.07, 6.45) is 4.11. The van der Waals surface area contributed by atoms with Gasteiger partial charge in [0.05, 0.1) is 25.7 Å². The topological polar surface area (TPSA) is 38.3 Å². The average molecular weight is 231 g/mol. The van der Waals surface area contributed by atoms with Gasteiger partial charge in [0.25, 0.3) is 0 Å². The zero-order valence-corrected chi connectivity index (χ0v) is 9.87. The summed E-state index contributed by atoms with van der Waals surface area (Å²) >= 11 is 0. The van der Waals surface area contributed by atoms with E-state index in [4.69, 9.17) is 4.74 Å². The van der Waals surface area contributed by atoms with Gasteiger partial charge in [0.2, 0.25) is 5.91 Å². The van der Waals surface area contributed by atoms with Crippen molar-refractivity contribution >= 4 is 5.91 Å². The molecule has 1 N–H and O–H groups in total. The van der Waals surface area contributed by atoms with Gasteiger partial charge in [-0.05, 0) is 36.0 Å². The van der Waals surface area contributed by atoms with Gasteiger partial charge in [-0.25, -0.2) is 0 Å². The number of amides is 1. The van der Waals surface area contributed by atoms with E-state index in [1.807, 2.05) is 0 Å². The highest BCUT2D eigenvalue weighted by Crippen LogP contribution is 2.22. The highest BCUT2D eigenvalue weighted by Gasteiger charge is 2.20. The van der Waals surface area contributed by atoms with Crippen LogP contribution in [0.1, 0.15) is 23.1 Å². The Morgan fingerprint density at radius 2 is 2.12 bits per heavy atom. The molecule has 1 aliphatic carbocycles. The van der Waals surface area contributed by atoms with Gasteiger partial charge in [-0.3, -0.25) is 4.79 Å². The van der Waals surface area contributed by atoms with Crippen molar-refractivity contribution in [1.82, 2.24) is 5.32 Å². The van der Waals surface area contributed by atoms with Crippen molar-refractivity contribution in [1.29, 1.82) is 0 Å². The number of hydrogen-bond donors (Lipinski definition) is 1. The van der Waals surface area contributed by atoms with Gasteiger partial charge in [0.1, 0.15) is 0 Å². The van der Waals surface area contributed by atoms with Crippen LogP contribution in [0.25, 0.3) is 0 Å². The number of nitrogens with one attached hydrogen (secondary N) is 1. The SMILES string of the molecule is O=C(Cc1ccc2c(c1)CCC2)NC1COC1. The third-order valence-corrected chi connectivity index (χ3v) is 3.53. The van der Waals surface area contributed by atoms with Crippen molar-refractivity contribution in [3.8, 4) is 0 Å². The van der Waals surface area contributed by atoms with Crippen LogP contribution in [0.5, 0.6) is 0 Å². The fraction of sp³-hybridized carbons (Fsp3) is 0.500. The molecule has 3 heteroatoms. The van der Waals surface area contributed by atoms with Crippen LogP contribution in [-0.4, -0.2) is 25.2 Å². The minimum Gasteiger partial charge on any atom is -0.377 e. The molecule has 1 fully saturated rings. The number of aryl methyl sites for hydroxylation is 2. The van der Waals surface area contributed by atoms with Crippen LogP contribution in [0.15, 0.2) is 18.2 Å². The smallest absolute Gasteiger partial charge is 0.224 e. The maximum Gasteiger partial charge on any atom is 0.224 e. The molecular formula is C14H17NO2. The molecule has 17 heavy (non-hydrogen) atoms. The van der Waals surface area contributed by atoms with Gasteiger partial charge in [0.15, 0.2) is 0 Å². The van der Waals surface area contributed by atoms with Gasteiger partial charge in [-0.2, -0.15) is 0 Å². The van der Waals surface area contributed by atoms with E-state index in [2.05, 4.69) is 23.5 Å². The molecule has 1 saturated heterocycles. The fourth-order valence-corrected chi connectivity index (χ4v) is 2.52. The minimum atomic E-state index is 0.108. The van der Waals surface area contributed by atoms with Gasteiger partial charge < -0.3 is 10.1 Å². The number of ether oxygens (including phenoxy) is 1. The second-order valence-electron chi connectivity index (χ2n) is 4.94. The standard InChI is InChI=1S/C14H17NO2/c16-14(15-13-8-17-9-13)7-10-4-5-11-2-1-3-12(11)6-10/h4-6,13H,1-3,7-9H2,(H,15,16). The number of carbonyl (C=O) groups is 1. The van der Waals surface area contributed by atoms with Crippen molar-refractivity contribution < 1.29 is 9.53 Å². The summed E-state index contributed by atoms with van der Waals surface area (Å²) in [6.45, 7) is 1.33. The Morgan fingerprint density at radius 1 is 1.29 bits per heavy atom. The quantitative estimate of drug-likeness (QED) is 0.849. The Balaban J connectivity index is 1.62. The first-order valence-corrected chi connectivity index (χ1v) is 6.29. The van der Waals surface area contributed by atoms with Gasteiger partial charge >= 0.3 is 0 Å². The van der Waals surface area contributed by atoms with Crippen LogP contribution in [0.3, 0.4) is 0 Å². The molecule has 3 nitrogen and oxygen atoms in total. The third kappa shape index (κ3) is 2.34. The maximum atomic E-state index is 11.7. The maximum absolute atomic E-state index is 11.7. The molecule has 90 valence electrons. The van der Waals surface area contributed by atoms with Crippen LogP contribution in [-0.2, 0) is 28.8 Å². The number of rotatable bonds is 3. The largest absolute Gasteiger partial charge is 0.377 e. The lowest BCUT2D eigenvalue weighted by Crippen LogP contribution is -2.49. The van der Waals surface area contributed by atoms with E-state index in [0.717, 1.165) is 5.56 Å². The monoisotopic (exact) mass is 231 g/mol. The lowest BCUT2D eigenvalue weighted by molar-refractivity contribution is -0.124. The summed E-state index contributed by atoms with van der Waals surface area (Å²) in [5.41, 5.74) is 4.02. The van der Waals surface area contributed by atoms with Crippen LogP contribution >= 0.6 is 0 Å². The first-order valence-electron chi connectivity index (χ1n) is 6.29. The summed E-state index contributed by atoms with van der Waals surface area (Å²) in [7, 11) is 0. The van der Waals surface area contributed by atoms with Crippen LogP contribution in [0.2, 0.25) is 0 Å². The molecule has 1 aromatic carbocycles. The normalized spacial score (nSPS) is 18.6. The summed E-state index contributed by atoms with van der Waals surface area (Å²) in [5, 5.41) is 2.97. The molecule has 0 unspecified atom stereocenters. The molecule has 1 amide bonds. The van der Waals surface area contributed by atoms with E-state index in [0.29, 0.717) is 19.6 Å². The summed E-state index contributed by atoms with van der Waals surface area (Å²) in [5.74, 6) is 0.108.